The Kier molecular flexibility index (Phi) is 3.86. The molecule has 4 heteroatoms. The van der Waals surface area contributed by atoms with Gasteiger partial charge < -0.3 is 9.57 Å². The fourth-order valence-electron chi connectivity index (χ4n) is 2.39. The number of nitrogens with zero attached hydrogens (tertiary/aromatic N) is 1. The average molecular weight is 285 g/mol. The zero-order valence-corrected chi connectivity index (χ0v) is 11.8. The summed E-state index contributed by atoms with van der Waals surface area (Å²) >= 11 is 0. The topological polar surface area (TPSA) is 30.8 Å². The van der Waals surface area contributed by atoms with Crippen LogP contribution in [-0.2, 0) is 11.3 Å². The molecule has 0 aliphatic carbocycles. The molecule has 21 heavy (non-hydrogen) atoms. The Hall–Kier alpha value is -2.36. The van der Waals surface area contributed by atoms with Crippen LogP contribution in [0.3, 0.4) is 0 Å². The first-order valence-corrected chi connectivity index (χ1v) is 6.86. The van der Waals surface area contributed by atoms with Crippen molar-refractivity contribution in [3.63, 3.8) is 0 Å². The summed E-state index contributed by atoms with van der Waals surface area (Å²) in [4.78, 5) is 5.48. The molecule has 0 fully saturated rings. The molecule has 3 rings (SSSR count). The largest absolute Gasteiger partial charge is 0.497 e. The molecule has 0 radical (unpaired) electrons. The fraction of sp³-hybridized carbons (Fsp3) is 0.235. The summed E-state index contributed by atoms with van der Waals surface area (Å²) in [5.74, 6) is 0.580. The van der Waals surface area contributed by atoms with Gasteiger partial charge in [-0.05, 0) is 29.8 Å². The molecule has 1 aliphatic heterocycles. The molecule has 0 amide bonds. The van der Waals surface area contributed by atoms with Crippen LogP contribution >= 0.6 is 0 Å². The average Bonchev–Trinajstić information content (AvgIpc) is 2.98. The van der Waals surface area contributed by atoms with Crippen LogP contribution < -0.4 is 4.74 Å². The molecule has 1 heterocycles. The highest BCUT2D eigenvalue weighted by atomic mass is 19.1. The molecule has 0 saturated heterocycles. The highest BCUT2D eigenvalue weighted by molar-refractivity contribution is 6.01. The monoisotopic (exact) mass is 285 g/mol. The van der Waals surface area contributed by atoms with E-state index in [2.05, 4.69) is 5.16 Å². The summed E-state index contributed by atoms with van der Waals surface area (Å²) in [5, 5.41) is 4.16. The molecule has 0 aromatic heterocycles. The Morgan fingerprint density at radius 1 is 1.24 bits per heavy atom. The Morgan fingerprint density at radius 2 is 2.05 bits per heavy atom. The maximum atomic E-state index is 12.9. The van der Waals surface area contributed by atoms with Crippen LogP contribution in [0, 0.1) is 5.82 Å². The van der Waals surface area contributed by atoms with E-state index in [-0.39, 0.29) is 11.9 Å². The number of methoxy groups -OCH3 is 1. The quantitative estimate of drug-likeness (QED) is 0.859. The molecule has 2 aromatic rings. The molecule has 0 spiro atoms. The van der Waals surface area contributed by atoms with Crippen molar-refractivity contribution in [1.29, 1.82) is 0 Å². The van der Waals surface area contributed by atoms with Gasteiger partial charge in [-0.3, -0.25) is 0 Å². The van der Waals surface area contributed by atoms with Crippen LogP contribution in [0.15, 0.2) is 53.7 Å². The van der Waals surface area contributed by atoms with Gasteiger partial charge in [-0.25, -0.2) is 4.39 Å². The maximum Gasteiger partial charge on any atom is 0.137 e. The van der Waals surface area contributed by atoms with E-state index in [9.17, 15) is 4.39 Å². The minimum Gasteiger partial charge on any atom is -0.497 e. The lowest BCUT2D eigenvalue weighted by Crippen LogP contribution is -2.11. The number of oxime groups is 1. The van der Waals surface area contributed by atoms with Crippen molar-refractivity contribution in [2.45, 2.75) is 18.9 Å². The van der Waals surface area contributed by atoms with Gasteiger partial charge in [-0.15, -0.1) is 0 Å². The Morgan fingerprint density at radius 3 is 2.81 bits per heavy atom. The van der Waals surface area contributed by atoms with E-state index in [4.69, 9.17) is 9.57 Å². The van der Waals surface area contributed by atoms with Crippen molar-refractivity contribution in [3.05, 3.63) is 65.5 Å². The SMILES string of the molecule is COc1cccc(C2=NOC(Cc3ccc(F)cc3)C2)c1. The molecule has 0 saturated carbocycles. The molecule has 1 atom stereocenters. The second kappa shape index (κ2) is 5.95. The van der Waals surface area contributed by atoms with Crippen molar-refractivity contribution in [2.75, 3.05) is 7.11 Å². The van der Waals surface area contributed by atoms with Crippen LogP contribution in [0.25, 0.3) is 0 Å². The van der Waals surface area contributed by atoms with Crippen LogP contribution in [-0.4, -0.2) is 18.9 Å². The van der Waals surface area contributed by atoms with Crippen LogP contribution in [0.4, 0.5) is 4.39 Å². The van der Waals surface area contributed by atoms with Gasteiger partial charge in [-0.1, -0.05) is 29.4 Å². The normalized spacial score (nSPS) is 17.2. The van der Waals surface area contributed by atoms with Crippen molar-refractivity contribution < 1.29 is 14.0 Å². The first-order valence-electron chi connectivity index (χ1n) is 6.86. The van der Waals surface area contributed by atoms with E-state index in [0.29, 0.717) is 0 Å². The molecule has 108 valence electrons. The highest BCUT2D eigenvalue weighted by Gasteiger charge is 2.22. The van der Waals surface area contributed by atoms with Gasteiger partial charge in [-0.2, -0.15) is 0 Å². The van der Waals surface area contributed by atoms with Gasteiger partial charge in [0.1, 0.15) is 17.7 Å². The molecular weight excluding hydrogens is 269 g/mol. The highest BCUT2D eigenvalue weighted by Crippen LogP contribution is 2.22. The summed E-state index contributed by atoms with van der Waals surface area (Å²) < 4.78 is 18.1. The Labute approximate surface area is 123 Å². The summed E-state index contributed by atoms with van der Waals surface area (Å²) in [5.41, 5.74) is 2.97. The molecule has 0 bridgehead atoms. The first-order chi connectivity index (χ1) is 10.2. The second-order valence-electron chi connectivity index (χ2n) is 5.03. The van der Waals surface area contributed by atoms with Gasteiger partial charge in [0.2, 0.25) is 0 Å². The zero-order valence-electron chi connectivity index (χ0n) is 11.8. The van der Waals surface area contributed by atoms with Gasteiger partial charge in [0, 0.05) is 18.4 Å². The van der Waals surface area contributed by atoms with Gasteiger partial charge in [0.25, 0.3) is 0 Å². The first kappa shape index (κ1) is 13.6. The molecule has 3 nitrogen and oxygen atoms in total. The lowest BCUT2D eigenvalue weighted by Gasteiger charge is -2.08. The van der Waals surface area contributed by atoms with Crippen LogP contribution in [0.5, 0.6) is 5.75 Å². The number of ether oxygens (including phenoxy) is 1. The van der Waals surface area contributed by atoms with Gasteiger partial charge >= 0.3 is 0 Å². The smallest absolute Gasteiger partial charge is 0.137 e. The molecule has 0 N–H and O–H groups in total. The number of halogens is 1. The van der Waals surface area contributed by atoms with Crippen LogP contribution in [0.1, 0.15) is 17.5 Å². The summed E-state index contributed by atoms with van der Waals surface area (Å²) in [7, 11) is 1.64. The molecular formula is C17H16FNO2. The van der Waals surface area contributed by atoms with Crippen LogP contribution in [0.2, 0.25) is 0 Å². The molecule has 1 unspecified atom stereocenters. The zero-order chi connectivity index (χ0) is 14.7. The predicted molar refractivity (Wildman–Crippen MR) is 79.1 cm³/mol. The maximum absolute atomic E-state index is 12.9. The summed E-state index contributed by atoms with van der Waals surface area (Å²) in [6.45, 7) is 0. The third kappa shape index (κ3) is 3.21. The fourth-order valence-corrected chi connectivity index (χ4v) is 2.39. The van der Waals surface area contributed by atoms with Crippen molar-refractivity contribution in [2.24, 2.45) is 5.16 Å². The molecule has 1 aliphatic rings. The van der Waals surface area contributed by atoms with Crippen molar-refractivity contribution in [3.8, 4) is 5.75 Å². The summed E-state index contributed by atoms with van der Waals surface area (Å²) in [6.07, 6.45) is 1.46. The van der Waals surface area contributed by atoms with E-state index in [1.54, 1.807) is 19.2 Å². The Balaban J connectivity index is 1.65. The Bertz CT molecular complexity index is 652. The molecule has 2 aromatic carbocycles. The lowest BCUT2D eigenvalue weighted by atomic mass is 10.0. The third-order valence-electron chi connectivity index (χ3n) is 3.51. The lowest BCUT2D eigenvalue weighted by molar-refractivity contribution is 0.0859. The van der Waals surface area contributed by atoms with Gasteiger partial charge in [0.05, 0.1) is 12.8 Å². The minimum atomic E-state index is -0.223. The number of benzene rings is 2. The number of rotatable bonds is 4. The minimum absolute atomic E-state index is 0.00309. The second-order valence-corrected chi connectivity index (χ2v) is 5.03. The summed E-state index contributed by atoms with van der Waals surface area (Å²) in [6, 6.07) is 14.3. The van der Waals surface area contributed by atoms with E-state index in [0.717, 1.165) is 35.4 Å². The van der Waals surface area contributed by atoms with E-state index >= 15 is 0 Å². The standard InChI is InChI=1S/C17H16FNO2/c1-20-15-4-2-3-13(10-15)17-11-16(21-19-17)9-12-5-7-14(18)8-6-12/h2-8,10,16H,9,11H2,1H3. The third-order valence-corrected chi connectivity index (χ3v) is 3.51. The number of hydrogen-bond acceptors (Lipinski definition) is 3. The number of hydrogen-bond donors (Lipinski definition) is 0. The van der Waals surface area contributed by atoms with E-state index in [1.165, 1.54) is 12.1 Å². The van der Waals surface area contributed by atoms with Crippen molar-refractivity contribution in [1.82, 2.24) is 0 Å². The van der Waals surface area contributed by atoms with Crippen molar-refractivity contribution >= 4 is 5.71 Å². The van der Waals surface area contributed by atoms with E-state index < -0.39 is 0 Å². The van der Waals surface area contributed by atoms with E-state index in [1.807, 2.05) is 24.3 Å². The van der Waals surface area contributed by atoms with Gasteiger partial charge in [0.15, 0.2) is 0 Å². The predicted octanol–water partition coefficient (Wildman–Crippen LogP) is 3.57.